The number of aliphatic imine (C=N–C) groups is 1. The lowest BCUT2D eigenvalue weighted by Gasteiger charge is -2.39. The zero-order valence-corrected chi connectivity index (χ0v) is 19.0. The number of hydrogen-bond donors (Lipinski definition) is 2. The quantitative estimate of drug-likeness (QED) is 0.542. The Balaban J connectivity index is 2.08. The van der Waals surface area contributed by atoms with Crippen molar-refractivity contribution in [3.05, 3.63) is 35.4 Å². The monoisotopic (exact) mass is 422 g/mol. The third-order valence-corrected chi connectivity index (χ3v) is 7.83. The Kier molecular flexibility index (Phi) is 7.68. The van der Waals surface area contributed by atoms with Crippen molar-refractivity contribution >= 4 is 21.7 Å². The first kappa shape index (κ1) is 23.2. The second kappa shape index (κ2) is 9.61. The van der Waals surface area contributed by atoms with Crippen molar-refractivity contribution in [3.8, 4) is 0 Å². The molecule has 162 valence electrons. The molecule has 0 saturated carbocycles. The Labute approximate surface area is 174 Å². The first-order valence-electron chi connectivity index (χ1n) is 10.2. The van der Waals surface area contributed by atoms with Crippen LogP contribution >= 0.6 is 0 Å². The van der Waals surface area contributed by atoms with Crippen molar-refractivity contribution in [1.29, 1.82) is 0 Å². The summed E-state index contributed by atoms with van der Waals surface area (Å²) in [6, 6.07) is 7.58. The van der Waals surface area contributed by atoms with Gasteiger partial charge in [0.1, 0.15) is 0 Å². The summed E-state index contributed by atoms with van der Waals surface area (Å²) in [5.74, 6) is 0.776. The molecule has 2 rings (SSSR count). The summed E-state index contributed by atoms with van der Waals surface area (Å²) in [5.41, 5.74) is 1.62. The smallest absolute Gasteiger partial charge is 0.251 e. The fraction of sp³-hybridized carbons (Fsp3) is 0.619. The van der Waals surface area contributed by atoms with Crippen LogP contribution in [0.4, 0.5) is 0 Å². The molecular formula is C21H34N4O3S. The number of hydrogen-bond acceptors (Lipinski definition) is 4. The highest BCUT2D eigenvalue weighted by Gasteiger charge is 2.40. The zero-order chi connectivity index (χ0) is 21.7. The van der Waals surface area contributed by atoms with Crippen LogP contribution in [0.2, 0.25) is 0 Å². The molecule has 0 aromatic heterocycles. The SMILES string of the molecule is CCNC(=NCc1ccc(C(=O)NC(C)CC)cc1)N1CCS(=O)(=O)C(C)(C)C1. The Hall–Kier alpha value is -2.09. The Morgan fingerprint density at radius 1 is 1.24 bits per heavy atom. The number of rotatable bonds is 6. The van der Waals surface area contributed by atoms with Crippen molar-refractivity contribution in [2.75, 3.05) is 25.4 Å². The number of guanidine groups is 1. The van der Waals surface area contributed by atoms with E-state index in [1.54, 1.807) is 13.8 Å². The lowest BCUT2D eigenvalue weighted by molar-refractivity contribution is 0.0939. The van der Waals surface area contributed by atoms with E-state index in [-0.39, 0.29) is 17.7 Å². The van der Waals surface area contributed by atoms with Gasteiger partial charge < -0.3 is 15.5 Å². The Morgan fingerprint density at radius 2 is 1.90 bits per heavy atom. The maximum absolute atomic E-state index is 12.3. The molecule has 1 aromatic rings. The Bertz CT molecular complexity index is 832. The third kappa shape index (κ3) is 5.95. The van der Waals surface area contributed by atoms with E-state index >= 15 is 0 Å². The molecule has 0 spiro atoms. The minimum absolute atomic E-state index is 0.0699. The molecule has 1 aliphatic heterocycles. The van der Waals surface area contributed by atoms with E-state index in [4.69, 9.17) is 4.99 Å². The molecule has 29 heavy (non-hydrogen) atoms. The summed E-state index contributed by atoms with van der Waals surface area (Å²) in [5, 5.41) is 6.22. The van der Waals surface area contributed by atoms with Crippen LogP contribution in [0.5, 0.6) is 0 Å². The van der Waals surface area contributed by atoms with Gasteiger partial charge in [-0.05, 0) is 51.8 Å². The topological polar surface area (TPSA) is 90.9 Å². The van der Waals surface area contributed by atoms with Crippen LogP contribution in [0, 0.1) is 0 Å². The van der Waals surface area contributed by atoms with Gasteiger partial charge in [-0.1, -0.05) is 19.1 Å². The van der Waals surface area contributed by atoms with E-state index in [1.807, 2.05) is 49.9 Å². The van der Waals surface area contributed by atoms with Gasteiger partial charge in [-0.2, -0.15) is 0 Å². The summed E-state index contributed by atoms with van der Waals surface area (Å²) in [6.07, 6.45) is 0.889. The van der Waals surface area contributed by atoms with Crippen LogP contribution in [0.1, 0.15) is 57.0 Å². The average molecular weight is 423 g/mol. The predicted molar refractivity (Wildman–Crippen MR) is 118 cm³/mol. The first-order chi connectivity index (χ1) is 13.6. The van der Waals surface area contributed by atoms with Gasteiger partial charge in [-0.25, -0.2) is 13.4 Å². The summed E-state index contributed by atoms with van der Waals surface area (Å²) in [6.45, 7) is 11.6. The largest absolute Gasteiger partial charge is 0.357 e. The standard InChI is InChI=1S/C21H34N4O3S/c1-6-16(3)24-19(26)18-10-8-17(9-11-18)14-23-20(22-7-2)25-12-13-29(27,28)21(4,5)15-25/h8-11,16H,6-7,12-15H2,1-5H3,(H,22,23)(H,24,26). The third-order valence-electron chi connectivity index (χ3n) is 5.30. The summed E-state index contributed by atoms with van der Waals surface area (Å²) in [7, 11) is -3.10. The number of sulfone groups is 1. The molecule has 1 saturated heterocycles. The van der Waals surface area contributed by atoms with E-state index in [9.17, 15) is 13.2 Å². The summed E-state index contributed by atoms with van der Waals surface area (Å²) < 4.78 is 23.7. The van der Waals surface area contributed by atoms with E-state index in [1.165, 1.54) is 0 Å². The van der Waals surface area contributed by atoms with Crippen molar-refractivity contribution in [2.45, 2.75) is 58.4 Å². The molecule has 7 nitrogen and oxygen atoms in total. The number of nitrogens with zero attached hydrogens (tertiary/aromatic N) is 2. The molecule has 0 bridgehead atoms. The van der Waals surface area contributed by atoms with Gasteiger partial charge in [0.2, 0.25) is 0 Å². The van der Waals surface area contributed by atoms with E-state index in [0.717, 1.165) is 12.0 Å². The van der Waals surface area contributed by atoms with Crippen LogP contribution < -0.4 is 10.6 Å². The van der Waals surface area contributed by atoms with Crippen LogP contribution in [-0.4, -0.2) is 61.4 Å². The predicted octanol–water partition coefficient (Wildman–Crippen LogP) is 2.19. The average Bonchev–Trinajstić information content (AvgIpc) is 2.67. The molecule has 1 unspecified atom stereocenters. The highest BCUT2D eigenvalue weighted by molar-refractivity contribution is 7.92. The molecule has 1 fully saturated rings. The van der Waals surface area contributed by atoms with Gasteiger partial charge in [0.05, 0.1) is 17.0 Å². The minimum atomic E-state index is -3.10. The number of carbonyl (C=O) groups is 1. The summed E-state index contributed by atoms with van der Waals surface area (Å²) >= 11 is 0. The minimum Gasteiger partial charge on any atom is -0.357 e. The lowest BCUT2D eigenvalue weighted by Crippen LogP contribution is -2.57. The first-order valence-corrected chi connectivity index (χ1v) is 11.9. The second-order valence-electron chi connectivity index (χ2n) is 8.15. The van der Waals surface area contributed by atoms with Crippen molar-refractivity contribution < 1.29 is 13.2 Å². The molecule has 0 radical (unpaired) electrons. The maximum Gasteiger partial charge on any atom is 0.251 e. The second-order valence-corrected chi connectivity index (χ2v) is 10.9. The van der Waals surface area contributed by atoms with Gasteiger partial charge in [0.25, 0.3) is 5.91 Å². The number of nitrogens with one attached hydrogen (secondary N) is 2. The van der Waals surface area contributed by atoms with Crippen molar-refractivity contribution in [3.63, 3.8) is 0 Å². The maximum atomic E-state index is 12.3. The van der Waals surface area contributed by atoms with E-state index in [2.05, 4.69) is 10.6 Å². The molecule has 1 heterocycles. The van der Waals surface area contributed by atoms with Crippen molar-refractivity contribution in [2.24, 2.45) is 4.99 Å². The summed E-state index contributed by atoms with van der Waals surface area (Å²) in [4.78, 5) is 18.9. The zero-order valence-electron chi connectivity index (χ0n) is 18.2. The molecule has 1 amide bonds. The van der Waals surface area contributed by atoms with E-state index in [0.29, 0.717) is 37.7 Å². The molecule has 2 N–H and O–H groups in total. The van der Waals surface area contributed by atoms with Crippen LogP contribution in [0.15, 0.2) is 29.3 Å². The fourth-order valence-corrected chi connectivity index (χ4v) is 4.45. The van der Waals surface area contributed by atoms with E-state index < -0.39 is 14.6 Å². The molecule has 1 aliphatic rings. The van der Waals surface area contributed by atoms with Gasteiger partial charge >= 0.3 is 0 Å². The van der Waals surface area contributed by atoms with Gasteiger partial charge in [0, 0.05) is 31.2 Å². The van der Waals surface area contributed by atoms with Gasteiger partial charge in [0.15, 0.2) is 15.8 Å². The molecular weight excluding hydrogens is 388 g/mol. The number of amides is 1. The number of benzene rings is 1. The fourth-order valence-electron chi connectivity index (χ4n) is 3.09. The lowest BCUT2D eigenvalue weighted by atomic mass is 10.1. The molecule has 1 aromatic carbocycles. The Morgan fingerprint density at radius 3 is 2.45 bits per heavy atom. The number of carbonyl (C=O) groups excluding carboxylic acids is 1. The molecule has 1 atom stereocenters. The highest BCUT2D eigenvalue weighted by Crippen LogP contribution is 2.23. The van der Waals surface area contributed by atoms with Crippen molar-refractivity contribution in [1.82, 2.24) is 15.5 Å². The van der Waals surface area contributed by atoms with Gasteiger partial charge in [-0.3, -0.25) is 4.79 Å². The van der Waals surface area contributed by atoms with Gasteiger partial charge in [-0.15, -0.1) is 0 Å². The normalized spacial score (nSPS) is 19.5. The van der Waals surface area contributed by atoms with Crippen LogP contribution in [-0.2, 0) is 16.4 Å². The van der Waals surface area contributed by atoms with Crippen LogP contribution in [0.3, 0.4) is 0 Å². The molecule has 0 aliphatic carbocycles. The highest BCUT2D eigenvalue weighted by atomic mass is 32.2. The molecule has 8 heteroatoms. The van der Waals surface area contributed by atoms with Crippen LogP contribution in [0.25, 0.3) is 0 Å².